The zero-order chi connectivity index (χ0) is 20.1. The molecule has 0 aromatic heterocycles. The fraction of sp³-hybridized carbons (Fsp3) is 0.200. The normalized spacial score (nSPS) is 14.9. The van der Waals surface area contributed by atoms with Crippen LogP contribution in [-0.4, -0.2) is 36.3 Å². The van der Waals surface area contributed by atoms with Crippen LogP contribution in [0.5, 0.6) is 5.75 Å². The Morgan fingerprint density at radius 2 is 1.82 bits per heavy atom. The average molecular weight is 382 g/mol. The third-order valence-corrected chi connectivity index (χ3v) is 4.00. The summed E-state index contributed by atoms with van der Waals surface area (Å²) in [5.74, 6) is -1.56. The van der Waals surface area contributed by atoms with Crippen molar-refractivity contribution in [2.24, 2.45) is 0 Å². The number of Topliss-reactive ketones (excluding diaryl/α,β-unsaturated/α-hetero) is 1. The number of hydrogen-bond acceptors (Lipinski definition) is 6. The summed E-state index contributed by atoms with van der Waals surface area (Å²) >= 11 is 0. The standard InChI is InChI=1S/C20H18N2O6/c1-12(23)13-6-2-3-7-14(13)21-18(24)11-27-19(25)10-17-20(26)22-15-8-4-5-9-16(15)28-17/h2-9,17H,10-11H2,1H3,(H,21,24)(H,22,26). The first-order valence-electron chi connectivity index (χ1n) is 8.56. The van der Waals surface area contributed by atoms with Crippen molar-refractivity contribution >= 4 is 34.9 Å². The van der Waals surface area contributed by atoms with E-state index in [2.05, 4.69) is 10.6 Å². The molecular formula is C20H18N2O6. The highest BCUT2D eigenvalue weighted by Crippen LogP contribution is 2.29. The molecule has 8 nitrogen and oxygen atoms in total. The summed E-state index contributed by atoms with van der Waals surface area (Å²) in [6.07, 6.45) is -1.37. The summed E-state index contributed by atoms with van der Waals surface area (Å²) in [6, 6.07) is 13.4. The largest absolute Gasteiger partial charge is 0.478 e. The molecule has 28 heavy (non-hydrogen) atoms. The van der Waals surface area contributed by atoms with Gasteiger partial charge in [-0.25, -0.2) is 0 Å². The van der Waals surface area contributed by atoms with Crippen LogP contribution in [0.2, 0.25) is 0 Å². The number of amides is 2. The van der Waals surface area contributed by atoms with Crippen molar-refractivity contribution < 1.29 is 28.7 Å². The molecule has 1 atom stereocenters. The molecule has 3 rings (SSSR count). The van der Waals surface area contributed by atoms with Crippen LogP contribution in [0, 0.1) is 0 Å². The van der Waals surface area contributed by atoms with E-state index >= 15 is 0 Å². The smallest absolute Gasteiger partial charge is 0.310 e. The molecule has 1 aliphatic heterocycles. The monoisotopic (exact) mass is 382 g/mol. The Morgan fingerprint density at radius 3 is 2.61 bits per heavy atom. The number of carbonyl (C=O) groups excluding carboxylic acids is 4. The van der Waals surface area contributed by atoms with Gasteiger partial charge in [0.05, 0.1) is 17.8 Å². The van der Waals surface area contributed by atoms with E-state index < -0.39 is 30.5 Å². The van der Waals surface area contributed by atoms with Crippen LogP contribution < -0.4 is 15.4 Å². The summed E-state index contributed by atoms with van der Waals surface area (Å²) in [4.78, 5) is 47.6. The number of para-hydroxylation sites is 3. The highest BCUT2D eigenvalue weighted by molar-refractivity contribution is 6.04. The quantitative estimate of drug-likeness (QED) is 0.585. The molecule has 2 amide bonds. The van der Waals surface area contributed by atoms with Crippen LogP contribution in [0.25, 0.3) is 0 Å². The third kappa shape index (κ3) is 4.53. The van der Waals surface area contributed by atoms with E-state index in [-0.39, 0.29) is 12.2 Å². The summed E-state index contributed by atoms with van der Waals surface area (Å²) in [6.45, 7) is 0.842. The predicted octanol–water partition coefficient (Wildman–Crippen LogP) is 2.16. The zero-order valence-electron chi connectivity index (χ0n) is 15.1. The maximum Gasteiger partial charge on any atom is 0.310 e. The lowest BCUT2D eigenvalue weighted by molar-refractivity contribution is -0.150. The average Bonchev–Trinajstić information content (AvgIpc) is 2.67. The first-order chi connectivity index (χ1) is 13.4. The Balaban J connectivity index is 1.51. The van der Waals surface area contributed by atoms with Gasteiger partial charge in [0.15, 0.2) is 18.5 Å². The number of nitrogens with one attached hydrogen (secondary N) is 2. The van der Waals surface area contributed by atoms with Crippen LogP contribution in [-0.2, 0) is 19.1 Å². The zero-order valence-corrected chi connectivity index (χ0v) is 15.1. The van der Waals surface area contributed by atoms with Gasteiger partial charge in [0.1, 0.15) is 5.75 Å². The van der Waals surface area contributed by atoms with E-state index in [0.29, 0.717) is 22.7 Å². The highest BCUT2D eigenvalue weighted by atomic mass is 16.5. The number of fused-ring (bicyclic) bond motifs is 1. The van der Waals surface area contributed by atoms with Crippen molar-refractivity contribution in [2.45, 2.75) is 19.4 Å². The van der Waals surface area contributed by atoms with Gasteiger partial charge in [-0.05, 0) is 31.2 Å². The van der Waals surface area contributed by atoms with E-state index in [0.717, 1.165) is 0 Å². The van der Waals surface area contributed by atoms with Crippen molar-refractivity contribution in [3.8, 4) is 5.75 Å². The summed E-state index contributed by atoms with van der Waals surface area (Å²) in [5, 5.41) is 5.17. The second-order valence-electron chi connectivity index (χ2n) is 6.11. The van der Waals surface area contributed by atoms with Gasteiger partial charge in [-0.1, -0.05) is 24.3 Å². The lowest BCUT2D eigenvalue weighted by atomic mass is 10.1. The van der Waals surface area contributed by atoms with Gasteiger partial charge in [-0.3, -0.25) is 19.2 Å². The lowest BCUT2D eigenvalue weighted by Gasteiger charge is -2.25. The van der Waals surface area contributed by atoms with Gasteiger partial charge < -0.3 is 20.1 Å². The van der Waals surface area contributed by atoms with Crippen molar-refractivity contribution in [3.05, 3.63) is 54.1 Å². The Kier molecular flexibility index (Phi) is 5.69. The third-order valence-electron chi connectivity index (χ3n) is 4.00. The minimum Gasteiger partial charge on any atom is -0.478 e. The number of esters is 1. The second-order valence-corrected chi connectivity index (χ2v) is 6.11. The fourth-order valence-corrected chi connectivity index (χ4v) is 2.67. The molecule has 0 radical (unpaired) electrons. The van der Waals surface area contributed by atoms with Crippen molar-refractivity contribution in [2.75, 3.05) is 17.2 Å². The van der Waals surface area contributed by atoms with Crippen molar-refractivity contribution in [1.82, 2.24) is 0 Å². The minimum atomic E-state index is -1.04. The molecule has 0 saturated heterocycles. The molecular weight excluding hydrogens is 364 g/mol. The van der Waals surface area contributed by atoms with Gasteiger partial charge in [-0.15, -0.1) is 0 Å². The van der Waals surface area contributed by atoms with E-state index in [9.17, 15) is 19.2 Å². The first-order valence-corrected chi connectivity index (χ1v) is 8.56. The molecule has 8 heteroatoms. The van der Waals surface area contributed by atoms with Crippen molar-refractivity contribution in [3.63, 3.8) is 0 Å². The first kappa shape index (κ1) is 19.1. The van der Waals surface area contributed by atoms with Gasteiger partial charge in [0, 0.05) is 5.56 Å². The summed E-state index contributed by atoms with van der Waals surface area (Å²) in [5.41, 5.74) is 1.22. The van der Waals surface area contributed by atoms with Gasteiger partial charge in [0.25, 0.3) is 11.8 Å². The Bertz CT molecular complexity index is 940. The number of benzene rings is 2. The number of ketones is 1. The number of ether oxygens (including phenoxy) is 2. The lowest BCUT2D eigenvalue weighted by Crippen LogP contribution is -2.39. The molecule has 2 aromatic carbocycles. The predicted molar refractivity (Wildman–Crippen MR) is 100 cm³/mol. The van der Waals surface area contributed by atoms with Gasteiger partial charge in [0.2, 0.25) is 0 Å². The maximum atomic E-state index is 12.0. The summed E-state index contributed by atoms with van der Waals surface area (Å²) in [7, 11) is 0. The number of anilines is 2. The van der Waals surface area contributed by atoms with Crippen LogP contribution >= 0.6 is 0 Å². The summed E-state index contributed by atoms with van der Waals surface area (Å²) < 4.78 is 10.4. The fourth-order valence-electron chi connectivity index (χ4n) is 2.67. The topological polar surface area (TPSA) is 111 Å². The van der Waals surface area contributed by atoms with Crippen LogP contribution in [0.4, 0.5) is 11.4 Å². The maximum absolute atomic E-state index is 12.0. The molecule has 0 spiro atoms. The number of rotatable bonds is 6. The SMILES string of the molecule is CC(=O)c1ccccc1NC(=O)COC(=O)CC1Oc2ccccc2NC1=O. The molecule has 2 aromatic rings. The molecule has 0 bridgehead atoms. The Morgan fingerprint density at radius 1 is 1.11 bits per heavy atom. The molecule has 0 aliphatic carbocycles. The number of carbonyl (C=O) groups is 4. The molecule has 1 heterocycles. The molecule has 0 saturated carbocycles. The van der Waals surface area contributed by atoms with Crippen LogP contribution in [0.3, 0.4) is 0 Å². The highest BCUT2D eigenvalue weighted by Gasteiger charge is 2.30. The van der Waals surface area contributed by atoms with Gasteiger partial charge >= 0.3 is 5.97 Å². The molecule has 1 unspecified atom stereocenters. The molecule has 2 N–H and O–H groups in total. The number of hydrogen-bond donors (Lipinski definition) is 2. The minimum absolute atomic E-state index is 0.200. The Hall–Kier alpha value is -3.68. The van der Waals surface area contributed by atoms with Crippen molar-refractivity contribution in [1.29, 1.82) is 0 Å². The van der Waals surface area contributed by atoms with Crippen LogP contribution in [0.15, 0.2) is 48.5 Å². The Labute approximate surface area is 160 Å². The molecule has 1 aliphatic rings. The van der Waals surface area contributed by atoms with E-state index in [1.807, 2.05) is 0 Å². The van der Waals surface area contributed by atoms with Crippen LogP contribution in [0.1, 0.15) is 23.7 Å². The second kappa shape index (κ2) is 8.34. The van der Waals surface area contributed by atoms with E-state index in [1.54, 1.807) is 48.5 Å². The van der Waals surface area contributed by atoms with E-state index in [1.165, 1.54) is 6.92 Å². The molecule has 144 valence electrons. The van der Waals surface area contributed by atoms with E-state index in [4.69, 9.17) is 9.47 Å². The van der Waals surface area contributed by atoms with Gasteiger partial charge in [-0.2, -0.15) is 0 Å². The molecule has 0 fully saturated rings.